The van der Waals surface area contributed by atoms with Gasteiger partial charge in [-0.2, -0.15) is 0 Å². The molecule has 3 nitrogen and oxygen atoms in total. The lowest BCUT2D eigenvalue weighted by Crippen LogP contribution is -2.39. The number of carbonyl (C=O) groups excluding carboxylic acids is 1. The summed E-state index contributed by atoms with van der Waals surface area (Å²) in [6.45, 7) is 8.72. The number of nitrogens with one attached hydrogen (secondary N) is 1. The first-order valence-corrected chi connectivity index (χ1v) is 9.14. The van der Waals surface area contributed by atoms with Crippen LogP contribution in [-0.2, 0) is 4.79 Å². The van der Waals surface area contributed by atoms with E-state index in [-0.39, 0.29) is 18.3 Å². The Morgan fingerprint density at radius 2 is 1.68 bits per heavy atom. The predicted molar refractivity (Wildman–Crippen MR) is 93.2 cm³/mol. The lowest BCUT2D eigenvalue weighted by molar-refractivity contribution is -0.137. The summed E-state index contributed by atoms with van der Waals surface area (Å²) in [6, 6.07) is 0. The van der Waals surface area contributed by atoms with Crippen molar-refractivity contribution in [3.8, 4) is 0 Å². The minimum absolute atomic E-state index is 0. The van der Waals surface area contributed by atoms with Crippen molar-refractivity contribution in [3.05, 3.63) is 0 Å². The number of nitrogens with zero attached hydrogens (tertiary/aromatic N) is 1. The fourth-order valence-corrected chi connectivity index (χ4v) is 4.71. The SMILES string of the molecule is CC(C)C(CC1CCCCC1)C(=O)N1C[C@H]2CNC[C@H]2C1.Cl. The van der Waals surface area contributed by atoms with Gasteiger partial charge in [-0.05, 0) is 30.1 Å². The van der Waals surface area contributed by atoms with Gasteiger partial charge in [-0.1, -0.05) is 46.0 Å². The zero-order chi connectivity index (χ0) is 14.8. The van der Waals surface area contributed by atoms with E-state index < -0.39 is 0 Å². The summed E-state index contributed by atoms with van der Waals surface area (Å²) in [5.41, 5.74) is 0. The monoisotopic (exact) mass is 328 g/mol. The number of rotatable bonds is 4. The molecule has 0 aromatic carbocycles. The molecule has 3 aliphatic rings. The van der Waals surface area contributed by atoms with Gasteiger partial charge in [-0.15, -0.1) is 12.4 Å². The largest absolute Gasteiger partial charge is 0.342 e. The van der Waals surface area contributed by atoms with E-state index in [0.29, 0.717) is 11.8 Å². The van der Waals surface area contributed by atoms with Crippen LogP contribution >= 0.6 is 12.4 Å². The highest BCUT2D eigenvalue weighted by Gasteiger charge is 2.40. The van der Waals surface area contributed by atoms with Crippen LogP contribution in [0.1, 0.15) is 52.4 Å². The highest BCUT2D eigenvalue weighted by Crippen LogP contribution is 2.34. The third-order valence-electron chi connectivity index (χ3n) is 6.14. The van der Waals surface area contributed by atoms with Gasteiger partial charge in [0.2, 0.25) is 5.91 Å². The molecule has 0 aromatic rings. The average Bonchev–Trinajstić information content (AvgIpc) is 3.06. The molecule has 2 heterocycles. The van der Waals surface area contributed by atoms with Gasteiger partial charge in [-0.25, -0.2) is 0 Å². The van der Waals surface area contributed by atoms with Gasteiger partial charge >= 0.3 is 0 Å². The van der Waals surface area contributed by atoms with Crippen LogP contribution < -0.4 is 5.32 Å². The van der Waals surface area contributed by atoms with Gasteiger partial charge in [0.15, 0.2) is 0 Å². The molecule has 1 saturated carbocycles. The Hall–Kier alpha value is -0.280. The highest BCUT2D eigenvalue weighted by molar-refractivity contribution is 5.85. The van der Waals surface area contributed by atoms with E-state index in [2.05, 4.69) is 24.1 Å². The van der Waals surface area contributed by atoms with Gasteiger partial charge in [0, 0.05) is 32.1 Å². The Morgan fingerprint density at radius 3 is 2.23 bits per heavy atom. The van der Waals surface area contributed by atoms with Gasteiger partial charge in [0.05, 0.1) is 0 Å². The van der Waals surface area contributed by atoms with Crippen LogP contribution in [0.15, 0.2) is 0 Å². The summed E-state index contributed by atoms with van der Waals surface area (Å²) >= 11 is 0. The zero-order valence-electron chi connectivity index (χ0n) is 14.2. The first kappa shape index (κ1) is 18.1. The number of amides is 1. The van der Waals surface area contributed by atoms with Crippen molar-refractivity contribution >= 4 is 18.3 Å². The van der Waals surface area contributed by atoms with Gasteiger partial charge in [0.25, 0.3) is 0 Å². The van der Waals surface area contributed by atoms with Crippen LogP contribution in [0.2, 0.25) is 0 Å². The van der Waals surface area contributed by atoms with Crippen LogP contribution in [0.3, 0.4) is 0 Å². The minimum atomic E-state index is 0. The van der Waals surface area contributed by atoms with Crippen LogP contribution in [0.25, 0.3) is 0 Å². The fourth-order valence-electron chi connectivity index (χ4n) is 4.71. The Kier molecular flexibility index (Phi) is 6.58. The first-order valence-electron chi connectivity index (χ1n) is 9.14. The summed E-state index contributed by atoms with van der Waals surface area (Å²) in [7, 11) is 0. The molecule has 3 rings (SSSR count). The van der Waals surface area contributed by atoms with Crippen molar-refractivity contribution in [1.82, 2.24) is 10.2 Å². The lowest BCUT2D eigenvalue weighted by atomic mass is 9.79. The molecule has 1 aliphatic carbocycles. The zero-order valence-corrected chi connectivity index (χ0v) is 15.0. The molecule has 128 valence electrons. The van der Waals surface area contributed by atoms with Gasteiger partial charge in [-0.3, -0.25) is 4.79 Å². The van der Waals surface area contributed by atoms with E-state index in [4.69, 9.17) is 0 Å². The van der Waals surface area contributed by atoms with E-state index in [1.54, 1.807) is 0 Å². The number of hydrogen-bond donors (Lipinski definition) is 1. The Balaban J connectivity index is 0.00000176. The molecule has 0 aromatic heterocycles. The molecular formula is C18H33ClN2O. The third kappa shape index (κ3) is 3.97. The topological polar surface area (TPSA) is 32.3 Å². The molecule has 3 fully saturated rings. The molecule has 1 unspecified atom stereocenters. The van der Waals surface area contributed by atoms with E-state index in [0.717, 1.165) is 50.4 Å². The standard InChI is InChI=1S/C18H32N2O.ClH/c1-13(2)17(8-14-6-4-3-5-7-14)18(21)20-11-15-9-19-10-16(15)12-20;/h13-17,19H,3-12H2,1-2H3;1H/t15-,16+,17?;. The second kappa shape index (κ2) is 8.01. The Labute approximate surface area is 142 Å². The summed E-state index contributed by atoms with van der Waals surface area (Å²) in [6.07, 6.45) is 8.00. The van der Waals surface area contributed by atoms with Gasteiger partial charge < -0.3 is 10.2 Å². The van der Waals surface area contributed by atoms with Crippen molar-refractivity contribution in [2.75, 3.05) is 26.2 Å². The number of halogens is 1. The molecule has 0 radical (unpaired) electrons. The molecule has 0 spiro atoms. The summed E-state index contributed by atoms with van der Waals surface area (Å²) < 4.78 is 0. The van der Waals surface area contributed by atoms with E-state index >= 15 is 0 Å². The van der Waals surface area contributed by atoms with Crippen LogP contribution in [0, 0.1) is 29.6 Å². The Bertz CT molecular complexity index is 356. The molecule has 1 N–H and O–H groups in total. The molecule has 1 amide bonds. The summed E-state index contributed by atoms with van der Waals surface area (Å²) in [5, 5.41) is 3.46. The lowest BCUT2D eigenvalue weighted by Gasteiger charge is -2.31. The van der Waals surface area contributed by atoms with Crippen LogP contribution in [0.5, 0.6) is 0 Å². The van der Waals surface area contributed by atoms with Crippen molar-refractivity contribution in [3.63, 3.8) is 0 Å². The van der Waals surface area contributed by atoms with E-state index in [1.165, 1.54) is 32.1 Å². The van der Waals surface area contributed by atoms with E-state index in [9.17, 15) is 4.79 Å². The average molecular weight is 329 g/mol. The number of carbonyl (C=O) groups is 1. The Morgan fingerprint density at radius 1 is 1.09 bits per heavy atom. The summed E-state index contributed by atoms with van der Waals surface area (Å²) in [5.74, 6) is 3.45. The molecular weight excluding hydrogens is 296 g/mol. The van der Waals surface area contributed by atoms with Crippen molar-refractivity contribution < 1.29 is 4.79 Å². The van der Waals surface area contributed by atoms with Crippen LogP contribution in [0.4, 0.5) is 0 Å². The normalized spacial score (nSPS) is 30.2. The second-order valence-corrected chi connectivity index (χ2v) is 8.01. The molecule has 22 heavy (non-hydrogen) atoms. The molecule has 2 aliphatic heterocycles. The number of hydrogen-bond acceptors (Lipinski definition) is 2. The highest BCUT2D eigenvalue weighted by atomic mass is 35.5. The maximum atomic E-state index is 13.0. The first-order chi connectivity index (χ1) is 10.1. The van der Waals surface area contributed by atoms with Crippen molar-refractivity contribution in [2.24, 2.45) is 29.6 Å². The van der Waals surface area contributed by atoms with E-state index in [1.807, 2.05) is 0 Å². The number of likely N-dealkylation sites (tertiary alicyclic amines) is 1. The van der Waals surface area contributed by atoms with Gasteiger partial charge in [0.1, 0.15) is 0 Å². The molecule has 2 saturated heterocycles. The third-order valence-corrected chi connectivity index (χ3v) is 6.14. The minimum Gasteiger partial charge on any atom is -0.342 e. The van der Waals surface area contributed by atoms with Crippen molar-refractivity contribution in [1.29, 1.82) is 0 Å². The quantitative estimate of drug-likeness (QED) is 0.858. The molecule has 4 heteroatoms. The molecule has 3 atom stereocenters. The summed E-state index contributed by atoms with van der Waals surface area (Å²) in [4.78, 5) is 15.2. The van der Waals surface area contributed by atoms with Crippen molar-refractivity contribution in [2.45, 2.75) is 52.4 Å². The maximum Gasteiger partial charge on any atom is 0.225 e. The fraction of sp³-hybridized carbons (Fsp3) is 0.944. The maximum absolute atomic E-state index is 13.0. The van der Waals surface area contributed by atoms with Crippen LogP contribution in [-0.4, -0.2) is 37.0 Å². The molecule has 0 bridgehead atoms. The second-order valence-electron chi connectivity index (χ2n) is 8.01. The number of fused-ring (bicyclic) bond motifs is 1. The predicted octanol–water partition coefficient (Wildman–Crippen LogP) is 3.33. The smallest absolute Gasteiger partial charge is 0.225 e.